The van der Waals surface area contributed by atoms with E-state index in [0.29, 0.717) is 19.8 Å². The average molecular weight is 383 g/mol. The van der Waals surface area contributed by atoms with E-state index in [1.165, 1.54) is 11.3 Å². The van der Waals surface area contributed by atoms with E-state index in [9.17, 15) is 4.79 Å². The first-order valence-corrected chi connectivity index (χ1v) is 8.38. The standard InChI is InChI=1S/C15H12Cl2N4O2S/c1-21(2)9-5-3-8(4-6-9)13(22)18-15-20-19-14(23-15)10-7-11(16)24-12(10)17/h3-7H,1-2H3,(H,18,20,22). The number of hydrogen-bond donors (Lipinski definition) is 1. The largest absolute Gasteiger partial charge is 0.403 e. The van der Waals surface area contributed by atoms with Gasteiger partial charge in [0.15, 0.2) is 0 Å². The number of rotatable bonds is 4. The van der Waals surface area contributed by atoms with Gasteiger partial charge < -0.3 is 9.32 Å². The lowest BCUT2D eigenvalue weighted by Crippen LogP contribution is -2.13. The third-order valence-corrected chi connectivity index (χ3v) is 4.67. The zero-order valence-corrected chi connectivity index (χ0v) is 15.0. The SMILES string of the molecule is CN(C)c1ccc(C(=O)Nc2nnc(-c3cc(Cl)sc3Cl)o2)cc1. The van der Waals surface area contributed by atoms with Gasteiger partial charge in [-0.2, -0.15) is 0 Å². The van der Waals surface area contributed by atoms with Crippen LogP contribution in [0, 0.1) is 0 Å². The van der Waals surface area contributed by atoms with E-state index in [0.717, 1.165) is 5.69 Å². The lowest BCUT2D eigenvalue weighted by Gasteiger charge is -2.12. The number of carbonyl (C=O) groups excluding carboxylic acids is 1. The minimum atomic E-state index is -0.343. The molecule has 0 saturated carbocycles. The average Bonchev–Trinajstić information content (AvgIpc) is 3.13. The van der Waals surface area contributed by atoms with E-state index in [2.05, 4.69) is 15.5 Å². The molecule has 9 heteroatoms. The molecule has 1 N–H and O–H groups in total. The van der Waals surface area contributed by atoms with Gasteiger partial charge >= 0.3 is 6.01 Å². The minimum Gasteiger partial charge on any atom is -0.403 e. The molecule has 124 valence electrons. The van der Waals surface area contributed by atoms with Crippen molar-refractivity contribution in [2.75, 3.05) is 24.3 Å². The van der Waals surface area contributed by atoms with E-state index >= 15 is 0 Å². The van der Waals surface area contributed by atoms with Crippen LogP contribution in [0.4, 0.5) is 11.7 Å². The summed E-state index contributed by atoms with van der Waals surface area (Å²) in [5.41, 5.74) is 2.02. The molecular formula is C15H12Cl2N4O2S. The quantitative estimate of drug-likeness (QED) is 0.722. The van der Waals surface area contributed by atoms with Crippen molar-refractivity contribution in [2.24, 2.45) is 0 Å². The monoisotopic (exact) mass is 382 g/mol. The van der Waals surface area contributed by atoms with Crippen molar-refractivity contribution in [3.8, 4) is 11.5 Å². The van der Waals surface area contributed by atoms with Crippen LogP contribution in [0.2, 0.25) is 8.67 Å². The molecule has 6 nitrogen and oxygen atoms in total. The maximum atomic E-state index is 12.2. The number of carbonyl (C=O) groups is 1. The Kier molecular flexibility index (Phi) is 4.75. The summed E-state index contributed by atoms with van der Waals surface area (Å²) in [6.45, 7) is 0. The number of nitrogens with zero attached hydrogens (tertiary/aromatic N) is 3. The van der Waals surface area contributed by atoms with E-state index in [1.54, 1.807) is 18.2 Å². The van der Waals surface area contributed by atoms with Crippen molar-refractivity contribution in [3.05, 3.63) is 44.6 Å². The van der Waals surface area contributed by atoms with Gasteiger partial charge in [-0.3, -0.25) is 10.1 Å². The van der Waals surface area contributed by atoms with E-state index < -0.39 is 0 Å². The van der Waals surface area contributed by atoms with Gasteiger partial charge in [-0.05, 0) is 30.3 Å². The smallest absolute Gasteiger partial charge is 0.322 e. The van der Waals surface area contributed by atoms with Crippen molar-refractivity contribution in [3.63, 3.8) is 0 Å². The third kappa shape index (κ3) is 3.53. The molecule has 3 aromatic rings. The molecule has 0 atom stereocenters. The van der Waals surface area contributed by atoms with Gasteiger partial charge in [0.25, 0.3) is 11.8 Å². The Morgan fingerprint density at radius 3 is 2.50 bits per heavy atom. The van der Waals surface area contributed by atoms with Gasteiger partial charge in [-0.1, -0.05) is 28.3 Å². The number of aromatic nitrogens is 2. The number of benzene rings is 1. The first kappa shape index (κ1) is 16.8. The van der Waals surface area contributed by atoms with Crippen molar-refractivity contribution in [1.29, 1.82) is 0 Å². The van der Waals surface area contributed by atoms with Gasteiger partial charge in [0.1, 0.15) is 4.34 Å². The topological polar surface area (TPSA) is 71.3 Å². The number of thiophene rings is 1. The Hall–Kier alpha value is -2.09. The molecule has 0 radical (unpaired) electrons. The first-order valence-electron chi connectivity index (χ1n) is 6.81. The van der Waals surface area contributed by atoms with Crippen LogP contribution in [-0.4, -0.2) is 30.2 Å². The van der Waals surface area contributed by atoms with Crippen molar-refractivity contribution < 1.29 is 9.21 Å². The first-order chi connectivity index (χ1) is 11.4. The van der Waals surface area contributed by atoms with Crippen LogP contribution in [0.3, 0.4) is 0 Å². The highest BCUT2D eigenvalue weighted by Crippen LogP contribution is 2.37. The Labute approximate surface area is 152 Å². The van der Waals surface area contributed by atoms with Gasteiger partial charge in [-0.25, -0.2) is 0 Å². The van der Waals surface area contributed by atoms with Crippen LogP contribution in [0.1, 0.15) is 10.4 Å². The summed E-state index contributed by atoms with van der Waals surface area (Å²) in [6, 6.07) is 8.76. The summed E-state index contributed by atoms with van der Waals surface area (Å²) in [4.78, 5) is 14.2. The molecule has 0 spiro atoms. The van der Waals surface area contributed by atoms with Gasteiger partial charge in [0, 0.05) is 25.3 Å². The highest BCUT2D eigenvalue weighted by molar-refractivity contribution is 7.20. The summed E-state index contributed by atoms with van der Waals surface area (Å²) in [5, 5.41) is 10.2. The number of amides is 1. The van der Waals surface area contributed by atoms with Crippen molar-refractivity contribution >= 4 is 52.1 Å². The van der Waals surface area contributed by atoms with Crippen LogP contribution in [0.15, 0.2) is 34.7 Å². The minimum absolute atomic E-state index is 0.00919. The molecule has 24 heavy (non-hydrogen) atoms. The number of hydrogen-bond acceptors (Lipinski definition) is 6. The van der Waals surface area contributed by atoms with Crippen LogP contribution in [0.25, 0.3) is 11.5 Å². The zero-order chi connectivity index (χ0) is 17.3. The molecule has 0 aliphatic heterocycles. The van der Waals surface area contributed by atoms with Crippen molar-refractivity contribution in [1.82, 2.24) is 10.2 Å². The van der Waals surface area contributed by atoms with Crippen LogP contribution < -0.4 is 10.2 Å². The van der Waals surface area contributed by atoms with E-state index in [4.69, 9.17) is 27.6 Å². The fourth-order valence-electron chi connectivity index (χ4n) is 1.95. The fraction of sp³-hybridized carbons (Fsp3) is 0.133. The van der Waals surface area contributed by atoms with Crippen LogP contribution in [0.5, 0.6) is 0 Å². The van der Waals surface area contributed by atoms with Crippen LogP contribution in [-0.2, 0) is 0 Å². The summed E-state index contributed by atoms with van der Waals surface area (Å²) in [7, 11) is 3.85. The lowest BCUT2D eigenvalue weighted by atomic mass is 10.2. The van der Waals surface area contributed by atoms with E-state index in [1.807, 2.05) is 31.1 Å². The molecule has 2 aromatic heterocycles. The predicted molar refractivity (Wildman–Crippen MR) is 96.4 cm³/mol. The molecule has 1 amide bonds. The normalized spacial score (nSPS) is 10.7. The molecule has 0 unspecified atom stereocenters. The van der Waals surface area contributed by atoms with Crippen molar-refractivity contribution in [2.45, 2.75) is 0 Å². The number of nitrogens with one attached hydrogen (secondary N) is 1. The van der Waals surface area contributed by atoms with Gasteiger partial charge in [0.05, 0.1) is 9.90 Å². The Morgan fingerprint density at radius 1 is 1.21 bits per heavy atom. The summed E-state index contributed by atoms with van der Waals surface area (Å²) < 4.78 is 6.38. The highest BCUT2D eigenvalue weighted by Gasteiger charge is 2.17. The molecule has 0 saturated heterocycles. The maximum absolute atomic E-state index is 12.2. The fourth-order valence-corrected chi connectivity index (χ4v) is 3.40. The summed E-state index contributed by atoms with van der Waals surface area (Å²) in [6.07, 6.45) is 0. The summed E-state index contributed by atoms with van der Waals surface area (Å²) in [5.74, 6) is -0.147. The van der Waals surface area contributed by atoms with Crippen LogP contribution >= 0.6 is 34.5 Å². The molecule has 0 aliphatic rings. The second-order valence-corrected chi connectivity index (χ2v) is 7.33. The maximum Gasteiger partial charge on any atom is 0.322 e. The molecule has 1 aromatic carbocycles. The van der Waals surface area contributed by atoms with Gasteiger partial charge in [0.2, 0.25) is 0 Å². The molecule has 0 bridgehead atoms. The molecular weight excluding hydrogens is 371 g/mol. The molecule has 2 heterocycles. The predicted octanol–water partition coefficient (Wildman–Crippen LogP) is 4.42. The van der Waals surface area contributed by atoms with E-state index in [-0.39, 0.29) is 17.8 Å². The number of anilines is 2. The van der Waals surface area contributed by atoms with Gasteiger partial charge in [-0.15, -0.1) is 16.4 Å². The highest BCUT2D eigenvalue weighted by atomic mass is 35.5. The lowest BCUT2D eigenvalue weighted by molar-refractivity contribution is 0.102. The zero-order valence-electron chi connectivity index (χ0n) is 12.7. The Bertz CT molecular complexity index is 874. The second-order valence-electron chi connectivity index (χ2n) is 5.05. The molecule has 3 rings (SSSR count). The third-order valence-electron chi connectivity index (χ3n) is 3.18. The Morgan fingerprint density at radius 2 is 1.92 bits per heavy atom. The number of halogens is 2. The molecule has 0 aliphatic carbocycles. The molecule has 0 fully saturated rings. The summed E-state index contributed by atoms with van der Waals surface area (Å²) >= 11 is 13.1. The Balaban J connectivity index is 1.74. The second kappa shape index (κ2) is 6.80.